The summed E-state index contributed by atoms with van der Waals surface area (Å²) in [4.78, 5) is 38.6. The fourth-order valence-electron chi connectivity index (χ4n) is 3.17. The first-order valence-electron chi connectivity index (χ1n) is 9.66. The van der Waals surface area contributed by atoms with Crippen molar-refractivity contribution in [2.45, 2.75) is 6.61 Å². The molecule has 0 saturated carbocycles. The SMILES string of the molecule is O=C1NC(=O)N(c2ccccc2Cl)C(=O)/C1=C\c1cccc(OCc2ccc(Cl)cc2Cl)c1. The number of amides is 4. The molecule has 0 aromatic heterocycles. The fraction of sp³-hybridized carbons (Fsp3) is 0.0417. The van der Waals surface area contributed by atoms with Crippen LogP contribution in [0, 0.1) is 0 Å². The summed E-state index contributed by atoms with van der Waals surface area (Å²) in [7, 11) is 0. The summed E-state index contributed by atoms with van der Waals surface area (Å²) < 4.78 is 5.80. The second kappa shape index (κ2) is 9.67. The third-order valence-corrected chi connectivity index (χ3v) is 5.68. The quantitative estimate of drug-likeness (QED) is 0.349. The molecule has 0 aliphatic carbocycles. The monoisotopic (exact) mass is 500 g/mol. The van der Waals surface area contributed by atoms with Crippen molar-refractivity contribution < 1.29 is 19.1 Å². The van der Waals surface area contributed by atoms with Gasteiger partial charge in [0.15, 0.2) is 0 Å². The van der Waals surface area contributed by atoms with E-state index >= 15 is 0 Å². The van der Waals surface area contributed by atoms with Gasteiger partial charge in [-0.25, -0.2) is 9.69 Å². The minimum atomic E-state index is -0.868. The zero-order valence-electron chi connectivity index (χ0n) is 16.8. The van der Waals surface area contributed by atoms with Crippen LogP contribution in [0.25, 0.3) is 6.08 Å². The van der Waals surface area contributed by atoms with E-state index in [0.717, 1.165) is 10.5 Å². The van der Waals surface area contributed by atoms with Gasteiger partial charge in [0, 0.05) is 15.6 Å². The number of nitrogens with one attached hydrogen (secondary N) is 1. The largest absolute Gasteiger partial charge is 0.489 e. The summed E-state index contributed by atoms with van der Waals surface area (Å²) in [5.74, 6) is -1.08. The van der Waals surface area contributed by atoms with Crippen LogP contribution in [-0.2, 0) is 16.2 Å². The maximum absolute atomic E-state index is 13.0. The number of urea groups is 1. The van der Waals surface area contributed by atoms with Crippen LogP contribution in [0.3, 0.4) is 0 Å². The maximum Gasteiger partial charge on any atom is 0.335 e. The number of carbonyl (C=O) groups is 3. The van der Waals surface area contributed by atoms with Crippen molar-refractivity contribution in [2.75, 3.05) is 4.90 Å². The molecule has 0 bridgehead atoms. The van der Waals surface area contributed by atoms with Gasteiger partial charge < -0.3 is 4.74 Å². The number of ether oxygens (including phenoxy) is 1. The van der Waals surface area contributed by atoms with E-state index in [1.54, 1.807) is 60.7 Å². The van der Waals surface area contributed by atoms with E-state index in [0.29, 0.717) is 21.4 Å². The van der Waals surface area contributed by atoms with Crippen LogP contribution in [0.4, 0.5) is 10.5 Å². The molecule has 0 atom stereocenters. The lowest BCUT2D eigenvalue weighted by molar-refractivity contribution is -0.122. The molecular weight excluding hydrogens is 487 g/mol. The van der Waals surface area contributed by atoms with E-state index in [9.17, 15) is 14.4 Å². The number of rotatable bonds is 5. The molecule has 33 heavy (non-hydrogen) atoms. The number of barbiturate groups is 1. The highest BCUT2D eigenvalue weighted by molar-refractivity contribution is 6.42. The molecule has 1 N–H and O–H groups in total. The first-order valence-corrected chi connectivity index (χ1v) is 10.8. The minimum Gasteiger partial charge on any atom is -0.489 e. The van der Waals surface area contributed by atoms with E-state index in [2.05, 4.69) is 5.32 Å². The molecule has 4 rings (SSSR count). The predicted octanol–water partition coefficient (Wildman–Crippen LogP) is 5.89. The van der Waals surface area contributed by atoms with Crippen molar-refractivity contribution in [1.29, 1.82) is 0 Å². The molecule has 6 nitrogen and oxygen atoms in total. The average molecular weight is 502 g/mol. The molecule has 1 fully saturated rings. The van der Waals surface area contributed by atoms with E-state index in [-0.39, 0.29) is 22.9 Å². The molecule has 1 heterocycles. The van der Waals surface area contributed by atoms with E-state index < -0.39 is 17.8 Å². The van der Waals surface area contributed by atoms with Gasteiger partial charge in [-0.2, -0.15) is 0 Å². The first-order chi connectivity index (χ1) is 15.8. The van der Waals surface area contributed by atoms with Crippen LogP contribution in [-0.4, -0.2) is 17.8 Å². The van der Waals surface area contributed by atoms with Crippen molar-refractivity contribution in [2.24, 2.45) is 0 Å². The van der Waals surface area contributed by atoms with Crippen molar-refractivity contribution >= 4 is 64.4 Å². The van der Waals surface area contributed by atoms with Crippen LogP contribution >= 0.6 is 34.8 Å². The van der Waals surface area contributed by atoms with Gasteiger partial charge in [-0.1, -0.05) is 65.1 Å². The van der Waals surface area contributed by atoms with Gasteiger partial charge >= 0.3 is 6.03 Å². The number of nitrogens with zero attached hydrogens (tertiary/aromatic N) is 1. The molecular formula is C24H15Cl3N2O4. The van der Waals surface area contributed by atoms with Crippen molar-refractivity contribution in [1.82, 2.24) is 5.32 Å². The number of anilines is 1. The number of carbonyl (C=O) groups excluding carboxylic acids is 3. The number of hydrogen-bond donors (Lipinski definition) is 1. The molecule has 1 saturated heterocycles. The van der Waals surface area contributed by atoms with E-state index in [1.807, 2.05) is 0 Å². The molecule has 166 valence electrons. The Labute approximate surface area is 204 Å². The lowest BCUT2D eigenvalue weighted by atomic mass is 10.1. The molecule has 4 amide bonds. The topological polar surface area (TPSA) is 75.7 Å². The van der Waals surface area contributed by atoms with Crippen LogP contribution in [0.1, 0.15) is 11.1 Å². The molecule has 1 aliphatic heterocycles. The van der Waals surface area contributed by atoms with Crippen LogP contribution in [0.5, 0.6) is 5.75 Å². The second-order valence-corrected chi connectivity index (χ2v) is 8.26. The van der Waals surface area contributed by atoms with Gasteiger partial charge in [0.2, 0.25) is 0 Å². The maximum atomic E-state index is 13.0. The summed E-state index contributed by atoms with van der Waals surface area (Å²) in [5.41, 5.74) is 1.24. The second-order valence-electron chi connectivity index (χ2n) is 7.01. The van der Waals surface area contributed by atoms with Gasteiger partial charge in [-0.3, -0.25) is 14.9 Å². The zero-order chi connectivity index (χ0) is 23.5. The van der Waals surface area contributed by atoms with E-state index in [1.165, 1.54) is 12.1 Å². The molecule has 0 unspecified atom stereocenters. The van der Waals surface area contributed by atoms with Crippen molar-refractivity contribution in [3.05, 3.63) is 98.5 Å². The van der Waals surface area contributed by atoms with Crippen LogP contribution in [0.15, 0.2) is 72.3 Å². The summed E-state index contributed by atoms with van der Waals surface area (Å²) in [6.07, 6.45) is 1.39. The van der Waals surface area contributed by atoms with Crippen molar-refractivity contribution in [3.8, 4) is 5.75 Å². The molecule has 3 aromatic rings. The number of hydrogen-bond acceptors (Lipinski definition) is 4. The zero-order valence-corrected chi connectivity index (χ0v) is 19.1. The lowest BCUT2D eigenvalue weighted by Gasteiger charge is -2.27. The van der Waals surface area contributed by atoms with Gasteiger partial charge in [0.1, 0.15) is 17.9 Å². The smallest absolute Gasteiger partial charge is 0.335 e. The lowest BCUT2D eigenvalue weighted by Crippen LogP contribution is -2.54. The number of imide groups is 2. The highest BCUT2D eigenvalue weighted by Crippen LogP contribution is 2.29. The number of para-hydroxylation sites is 1. The Bertz CT molecular complexity index is 1310. The Morgan fingerprint density at radius 1 is 0.879 bits per heavy atom. The Morgan fingerprint density at radius 3 is 2.42 bits per heavy atom. The first kappa shape index (κ1) is 22.9. The Hall–Kier alpha value is -3.32. The van der Waals surface area contributed by atoms with Crippen LogP contribution in [0.2, 0.25) is 15.1 Å². The van der Waals surface area contributed by atoms with E-state index in [4.69, 9.17) is 39.5 Å². The van der Waals surface area contributed by atoms with Gasteiger partial charge in [-0.05, 0) is 48.0 Å². The Balaban J connectivity index is 1.58. The Kier molecular flexibility index (Phi) is 6.70. The van der Waals surface area contributed by atoms with Gasteiger partial charge in [0.05, 0.1) is 10.7 Å². The summed E-state index contributed by atoms with van der Waals surface area (Å²) in [6, 6.07) is 17.4. The molecule has 3 aromatic carbocycles. The highest BCUT2D eigenvalue weighted by atomic mass is 35.5. The summed E-state index contributed by atoms with van der Waals surface area (Å²) in [6.45, 7) is 0.199. The van der Waals surface area contributed by atoms with Crippen LogP contribution < -0.4 is 15.0 Å². The van der Waals surface area contributed by atoms with Gasteiger partial charge in [0.25, 0.3) is 11.8 Å². The third-order valence-electron chi connectivity index (χ3n) is 4.77. The summed E-state index contributed by atoms with van der Waals surface area (Å²) >= 11 is 18.2. The fourth-order valence-corrected chi connectivity index (χ4v) is 3.85. The molecule has 0 radical (unpaired) electrons. The third kappa shape index (κ3) is 5.03. The number of halogens is 3. The Morgan fingerprint density at radius 2 is 1.67 bits per heavy atom. The highest BCUT2D eigenvalue weighted by Gasteiger charge is 2.37. The van der Waals surface area contributed by atoms with Crippen molar-refractivity contribution in [3.63, 3.8) is 0 Å². The van der Waals surface area contributed by atoms with Gasteiger partial charge in [-0.15, -0.1) is 0 Å². The average Bonchev–Trinajstić information content (AvgIpc) is 2.77. The predicted molar refractivity (Wildman–Crippen MR) is 128 cm³/mol. The molecule has 1 aliphatic rings. The summed E-state index contributed by atoms with van der Waals surface area (Å²) in [5, 5.41) is 3.38. The normalized spacial score (nSPS) is 15.1. The molecule has 9 heteroatoms. The number of benzene rings is 3. The standard InChI is InChI=1S/C24H15Cl3N2O4/c25-16-9-8-15(20(27)12-16)13-33-17-5-3-4-14(10-17)11-18-22(30)28-24(32)29(23(18)31)21-7-2-1-6-19(21)26/h1-12H,13H2,(H,28,30,32)/b18-11-. The minimum absolute atomic E-state index is 0.178. The molecule has 0 spiro atoms.